The van der Waals surface area contributed by atoms with Gasteiger partial charge in [0.2, 0.25) is 0 Å². The highest BCUT2D eigenvalue weighted by Crippen LogP contribution is 2.42. The molecule has 0 spiro atoms. The third-order valence-corrected chi connectivity index (χ3v) is 6.08. The molecule has 1 fully saturated rings. The first-order valence-corrected chi connectivity index (χ1v) is 10.6. The molecule has 1 aliphatic rings. The summed E-state index contributed by atoms with van der Waals surface area (Å²) >= 11 is 1.48. The maximum absolute atomic E-state index is 14.3. The van der Waals surface area contributed by atoms with Gasteiger partial charge in [-0.3, -0.25) is 4.57 Å². The predicted molar refractivity (Wildman–Crippen MR) is 112 cm³/mol. The molecule has 0 bridgehead atoms. The molecular formula is C22H18FN3O3S. The first-order chi connectivity index (χ1) is 14.6. The molecule has 5 rings (SSSR count). The number of nitrogens with zero attached hydrogens (tertiary/aromatic N) is 3. The van der Waals surface area contributed by atoms with Crippen LogP contribution in [0, 0.1) is 5.82 Å². The predicted octanol–water partition coefficient (Wildman–Crippen LogP) is 4.83. The summed E-state index contributed by atoms with van der Waals surface area (Å²) in [5, 5.41) is 10.2. The highest BCUT2D eigenvalue weighted by molar-refractivity contribution is 7.98. The van der Waals surface area contributed by atoms with Gasteiger partial charge in [-0.15, -0.1) is 10.2 Å². The molecule has 30 heavy (non-hydrogen) atoms. The number of rotatable bonds is 6. The van der Waals surface area contributed by atoms with Crippen molar-refractivity contribution in [2.45, 2.75) is 29.8 Å². The molecule has 0 amide bonds. The van der Waals surface area contributed by atoms with Crippen molar-refractivity contribution in [3.8, 4) is 17.1 Å². The summed E-state index contributed by atoms with van der Waals surface area (Å²) in [6.45, 7) is 0. The summed E-state index contributed by atoms with van der Waals surface area (Å²) in [6, 6.07) is 13.8. The summed E-state index contributed by atoms with van der Waals surface area (Å²) in [7, 11) is 1.57. The fraction of sp³-hybridized carbons (Fsp3) is 0.227. The van der Waals surface area contributed by atoms with E-state index in [-0.39, 0.29) is 11.9 Å². The average molecular weight is 423 g/mol. The Balaban J connectivity index is 1.49. The first-order valence-electron chi connectivity index (χ1n) is 9.57. The van der Waals surface area contributed by atoms with Crippen LogP contribution in [0.4, 0.5) is 4.39 Å². The van der Waals surface area contributed by atoms with E-state index in [0.29, 0.717) is 33.6 Å². The van der Waals surface area contributed by atoms with Gasteiger partial charge in [0.15, 0.2) is 11.0 Å². The molecule has 4 aromatic rings. The summed E-state index contributed by atoms with van der Waals surface area (Å²) in [5.74, 6) is 1.36. The number of benzene rings is 2. The third kappa shape index (κ3) is 3.47. The Kier molecular flexibility index (Phi) is 4.78. The fourth-order valence-electron chi connectivity index (χ4n) is 3.46. The summed E-state index contributed by atoms with van der Waals surface area (Å²) in [5.41, 5.74) is 1.35. The van der Waals surface area contributed by atoms with Gasteiger partial charge in [-0.25, -0.2) is 9.18 Å². The Morgan fingerprint density at radius 1 is 1.20 bits per heavy atom. The number of aromatic nitrogens is 3. The normalized spacial score (nSPS) is 13.7. The Morgan fingerprint density at radius 2 is 2.03 bits per heavy atom. The van der Waals surface area contributed by atoms with E-state index in [1.165, 1.54) is 23.9 Å². The lowest BCUT2D eigenvalue weighted by molar-refractivity contribution is 0.414. The minimum absolute atomic E-state index is 0.277. The summed E-state index contributed by atoms with van der Waals surface area (Å²) in [4.78, 5) is 12.0. The monoisotopic (exact) mass is 423 g/mol. The topological polar surface area (TPSA) is 70.2 Å². The van der Waals surface area contributed by atoms with Gasteiger partial charge in [0.1, 0.15) is 17.1 Å². The molecule has 0 saturated heterocycles. The minimum Gasteiger partial charge on any atom is -0.497 e. The van der Waals surface area contributed by atoms with Crippen LogP contribution in [0.5, 0.6) is 5.75 Å². The summed E-state index contributed by atoms with van der Waals surface area (Å²) < 4.78 is 26.9. The molecule has 8 heteroatoms. The van der Waals surface area contributed by atoms with Gasteiger partial charge >= 0.3 is 5.63 Å². The van der Waals surface area contributed by atoms with Gasteiger partial charge in [-0.2, -0.15) is 0 Å². The number of thioether (sulfide) groups is 1. The van der Waals surface area contributed by atoms with Crippen molar-refractivity contribution in [3.63, 3.8) is 0 Å². The van der Waals surface area contributed by atoms with Crippen LogP contribution in [0.2, 0.25) is 0 Å². The molecule has 1 saturated carbocycles. The lowest BCUT2D eigenvalue weighted by Gasteiger charge is -2.10. The van der Waals surface area contributed by atoms with Crippen molar-refractivity contribution in [1.29, 1.82) is 0 Å². The zero-order chi connectivity index (χ0) is 20.7. The van der Waals surface area contributed by atoms with Crippen molar-refractivity contribution < 1.29 is 13.5 Å². The van der Waals surface area contributed by atoms with Crippen molar-refractivity contribution in [1.82, 2.24) is 14.8 Å². The number of halogens is 1. The van der Waals surface area contributed by atoms with Crippen LogP contribution >= 0.6 is 11.8 Å². The first kappa shape index (κ1) is 18.9. The van der Waals surface area contributed by atoms with E-state index in [1.807, 2.05) is 16.7 Å². The van der Waals surface area contributed by atoms with Crippen LogP contribution in [-0.2, 0) is 5.75 Å². The standard InChI is InChI=1S/C22H18FN3O3S/c1-28-15-8-9-16-13(10-20(27)29-19(16)11-15)12-30-22-25-24-21(26(22)14-6-7-14)17-4-2-3-5-18(17)23/h2-5,8-11,14H,6-7,12H2,1H3. The van der Waals surface area contributed by atoms with Gasteiger partial charge in [-0.05, 0) is 42.7 Å². The molecule has 152 valence electrons. The van der Waals surface area contributed by atoms with Crippen molar-refractivity contribution in [3.05, 3.63) is 70.3 Å². The maximum Gasteiger partial charge on any atom is 0.336 e. The van der Waals surface area contributed by atoms with Gasteiger partial charge in [0.05, 0.1) is 12.7 Å². The maximum atomic E-state index is 14.3. The van der Waals surface area contributed by atoms with Crippen LogP contribution in [0.15, 0.2) is 62.9 Å². The number of hydrogen-bond acceptors (Lipinski definition) is 6. The van der Waals surface area contributed by atoms with Crippen molar-refractivity contribution >= 4 is 22.7 Å². The Morgan fingerprint density at radius 3 is 2.80 bits per heavy atom. The van der Waals surface area contributed by atoms with E-state index in [4.69, 9.17) is 9.15 Å². The highest BCUT2D eigenvalue weighted by atomic mass is 32.2. The molecule has 0 atom stereocenters. The molecule has 0 aliphatic heterocycles. The molecular weight excluding hydrogens is 405 g/mol. The van der Waals surface area contributed by atoms with Gasteiger partial charge < -0.3 is 9.15 Å². The molecule has 0 radical (unpaired) electrons. The van der Waals surface area contributed by atoms with Gasteiger partial charge in [0, 0.05) is 29.3 Å². The molecule has 2 aromatic carbocycles. The van der Waals surface area contributed by atoms with Crippen LogP contribution in [0.3, 0.4) is 0 Å². The van der Waals surface area contributed by atoms with Gasteiger partial charge in [-0.1, -0.05) is 23.9 Å². The molecule has 1 aliphatic carbocycles. The lowest BCUT2D eigenvalue weighted by atomic mass is 10.1. The Labute approximate surface area is 175 Å². The van der Waals surface area contributed by atoms with Crippen LogP contribution in [0.1, 0.15) is 24.4 Å². The Bertz CT molecular complexity index is 1300. The Hall–Kier alpha value is -3.13. The van der Waals surface area contributed by atoms with Crippen LogP contribution in [0.25, 0.3) is 22.4 Å². The largest absolute Gasteiger partial charge is 0.497 e. The lowest BCUT2D eigenvalue weighted by Crippen LogP contribution is -2.02. The van der Waals surface area contributed by atoms with Crippen molar-refractivity contribution in [2.24, 2.45) is 0 Å². The van der Waals surface area contributed by atoms with E-state index in [9.17, 15) is 9.18 Å². The van der Waals surface area contributed by atoms with Crippen LogP contribution in [-0.4, -0.2) is 21.9 Å². The average Bonchev–Trinajstić information content (AvgIpc) is 3.51. The number of ether oxygens (including phenoxy) is 1. The SMILES string of the molecule is COc1ccc2c(CSc3nnc(-c4ccccc4F)n3C3CC3)cc(=O)oc2c1. The third-order valence-electron chi connectivity index (χ3n) is 5.09. The van der Waals surface area contributed by atoms with E-state index < -0.39 is 5.63 Å². The fourth-order valence-corrected chi connectivity index (χ4v) is 4.46. The van der Waals surface area contributed by atoms with Crippen LogP contribution < -0.4 is 10.4 Å². The second-order valence-electron chi connectivity index (χ2n) is 7.13. The molecule has 0 unspecified atom stereocenters. The van der Waals surface area contributed by atoms with E-state index >= 15 is 0 Å². The number of hydrogen-bond donors (Lipinski definition) is 0. The second kappa shape index (κ2) is 7.60. The van der Waals surface area contributed by atoms with E-state index in [1.54, 1.807) is 31.4 Å². The van der Waals surface area contributed by atoms with E-state index in [0.717, 1.165) is 23.8 Å². The van der Waals surface area contributed by atoms with E-state index in [2.05, 4.69) is 10.2 Å². The minimum atomic E-state index is -0.415. The number of fused-ring (bicyclic) bond motifs is 1. The smallest absolute Gasteiger partial charge is 0.336 e. The summed E-state index contributed by atoms with van der Waals surface area (Å²) in [6.07, 6.45) is 2.04. The zero-order valence-electron chi connectivity index (χ0n) is 16.2. The molecule has 6 nitrogen and oxygen atoms in total. The van der Waals surface area contributed by atoms with Crippen molar-refractivity contribution in [2.75, 3.05) is 7.11 Å². The quantitative estimate of drug-likeness (QED) is 0.327. The molecule has 2 heterocycles. The zero-order valence-corrected chi connectivity index (χ0v) is 17.0. The highest BCUT2D eigenvalue weighted by Gasteiger charge is 2.31. The molecule has 2 aromatic heterocycles. The number of methoxy groups -OCH3 is 1. The van der Waals surface area contributed by atoms with Gasteiger partial charge in [0.25, 0.3) is 0 Å². The molecule has 0 N–H and O–H groups in total. The second-order valence-corrected chi connectivity index (χ2v) is 8.07.